The van der Waals surface area contributed by atoms with E-state index in [0.717, 1.165) is 17.5 Å². The van der Waals surface area contributed by atoms with Crippen molar-refractivity contribution >= 4 is 11.9 Å². The molecule has 5 heteroatoms. The molecule has 2 aromatic rings. The Morgan fingerprint density at radius 2 is 1.93 bits per heavy atom. The first-order valence-electron chi connectivity index (χ1n) is 10.5. The van der Waals surface area contributed by atoms with E-state index in [9.17, 15) is 14.0 Å². The molecule has 0 aromatic heterocycles. The molecular weight excluding hydrogens is 381 g/mol. The van der Waals surface area contributed by atoms with E-state index < -0.39 is 11.9 Å². The van der Waals surface area contributed by atoms with Gasteiger partial charge in [-0.1, -0.05) is 55.3 Å². The van der Waals surface area contributed by atoms with E-state index in [1.807, 2.05) is 38.1 Å². The number of hydrogen-bond donors (Lipinski definition) is 0. The Morgan fingerprint density at radius 3 is 2.60 bits per heavy atom. The van der Waals surface area contributed by atoms with Gasteiger partial charge in [0.25, 0.3) is 0 Å². The van der Waals surface area contributed by atoms with Gasteiger partial charge < -0.3 is 9.64 Å². The zero-order valence-corrected chi connectivity index (χ0v) is 17.8. The number of esters is 1. The quantitative estimate of drug-likeness (QED) is 0.586. The van der Waals surface area contributed by atoms with Crippen LogP contribution in [0.3, 0.4) is 0 Å². The summed E-state index contributed by atoms with van der Waals surface area (Å²) in [6.07, 6.45) is 1.44. The number of amides is 1. The van der Waals surface area contributed by atoms with E-state index in [1.165, 1.54) is 12.1 Å². The molecule has 30 heavy (non-hydrogen) atoms. The van der Waals surface area contributed by atoms with E-state index in [4.69, 9.17) is 4.74 Å². The Labute approximate surface area is 177 Å². The smallest absolute Gasteiger partial charge is 0.336 e. The van der Waals surface area contributed by atoms with Crippen LogP contribution in [-0.2, 0) is 20.9 Å². The van der Waals surface area contributed by atoms with Gasteiger partial charge in [-0.15, -0.1) is 0 Å². The van der Waals surface area contributed by atoms with Crippen LogP contribution in [0.15, 0.2) is 59.8 Å². The zero-order chi connectivity index (χ0) is 21.7. The van der Waals surface area contributed by atoms with Crippen LogP contribution < -0.4 is 0 Å². The number of benzene rings is 2. The van der Waals surface area contributed by atoms with E-state index in [-0.39, 0.29) is 24.8 Å². The molecule has 0 saturated heterocycles. The number of rotatable bonds is 7. The lowest BCUT2D eigenvalue weighted by atomic mass is 9.82. The molecule has 1 aliphatic heterocycles. The minimum atomic E-state index is -0.512. The highest BCUT2D eigenvalue weighted by Gasteiger charge is 2.38. The minimum absolute atomic E-state index is 0.0673. The molecule has 1 atom stereocenters. The Hall–Kier alpha value is -2.95. The SMILES string of the molecule is CCCC1=C(C(=O)OCC)[C@@H](c2cccc(F)c2)CC(=O)N1Cc1cccc(C)c1. The second kappa shape index (κ2) is 9.70. The Bertz CT molecular complexity index is 966. The van der Waals surface area contributed by atoms with Crippen LogP contribution >= 0.6 is 0 Å². The predicted octanol–water partition coefficient (Wildman–Crippen LogP) is 5.27. The monoisotopic (exact) mass is 409 g/mol. The van der Waals surface area contributed by atoms with Gasteiger partial charge in [-0.05, 0) is 43.5 Å². The predicted molar refractivity (Wildman–Crippen MR) is 114 cm³/mol. The van der Waals surface area contributed by atoms with Gasteiger partial charge in [0.1, 0.15) is 5.82 Å². The van der Waals surface area contributed by atoms with Gasteiger partial charge in [0.2, 0.25) is 5.91 Å². The molecule has 1 amide bonds. The molecule has 2 aromatic carbocycles. The van der Waals surface area contributed by atoms with Crippen molar-refractivity contribution in [2.75, 3.05) is 6.61 Å². The number of ether oxygens (including phenoxy) is 1. The lowest BCUT2D eigenvalue weighted by Crippen LogP contribution is -2.39. The maximum Gasteiger partial charge on any atom is 0.336 e. The second-order valence-electron chi connectivity index (χ2n) is 7.61. The minimum Gasteiger partial charge on any atom is -0.463 e. The third kappa shape index (κ3) is 4.78. The Balaban J connectivity index is 2.11. The summed E-state index contributed by atoms with van der Waals surface area (Å²) in [5.41, 5.74) is 3.89. The molecular formula is C25H28FNO3. The maximum atomic E-state index is 13.9. The van der Waals surface area contributed by atoms with Crippen LogP contribution in [0.5, 0.6) is 0 Å². The Kier molecular flexibility index (Phi) is 7.03. The van der Waals surface area contributed by atoms with Gasteiger partial charge in [-0.3, -0.25) is 4.79 Å². The summed E-state index contributed by atoms with van der Waals surface area (Å²) in [6, 6.07) is 14.1. The Morgan fingerprint density at radius 1 is 1.17 bits per heavy atom. The number of halogens is 1. The summed E-state index contributed by atoms with van der Waals surface area (Å²) in [5, 5.41) is 0. The zero-order valence-electron chi connectivity index (χ0n) is 17.8. The number of carbonyl (C=O) groups excluding carboxylic acids is 2. The summed E-state index contributed by atoms with van der Waals surface area (Å²) in [7, 11) is 0. The van der Waals surface area contributed by atoms with Crippen LogP contribution in [0.2, 0.25) is 0 Å². The van der Waals surface area contributed by atoms with Crippen LogP contribution in [-0.4, -0.2) is 23.4 Å². The van der Waals surface area contributed by atoms with Crippen molar-refractivity contribution in [3.63, 3.8) is 0 Å². The van der Waals surface area contributed by atoms with Gasteiger partial charge in [0, 0.05) is 18.0 Å². The average Bonchev–Trinajstić information content (AvgIpc) is 2.70. The lowest BCUT2D eigenvalue weighted by Gasteiger charge is -2.36. The van der Waals surface area contributed by atoms with Crippen LogP contribution in [0, 0.1) is 12.7 Å². The van der Waals surface area contributed by atoms with Gasteiger partial charge in [-0.2, -0.15) is 0 Å². The molecule has 0 saturated carbocycles. The summed E-state index contributed by atoms with van der Waals surface area (Å²) >= 11 is 0. The summed E-state index contributed by atoms with van der Waals surface area (Å²) in [5.74, 6) is -1.40. The van der Waals surface area contributed by atoms with Crippen LogP contribution in [0.4, 0.5) is 4.39 Å². The van der Waals surface area contributed by atoms with E-state index >= 15 is 0 Å². The fourth-order valence-corrected chi connectivity index (χ4v) is 4.04. The molecule has 0 unspecified atom stereocenters. The van der Waals surface area contributed by atoms with Crippen molar-refractivity contribution in [3.8, 4) is 0 Å². The molecule has 0 N–H and O–H groups in total. The van der Waals surface area contributed by atoms with Gasteiger partial charge in [-0.25, -0.2) is 9.18 Å². The first-order chi connectivity index (χ1) is 14.4. The molecule has 1 aliphatic rings. The number of aryl methyl sites for hydroxylation is 1. The standard InChI is InChI=1S/C25H28FNO3/c1-4-8-22-24(25(29)30-5-2)21(19-11-7-12-20(26)14-19)15-23(28)27(22)16-18-10-6-9-17(3)13-18/h6-7,9-14,21H,4-5,8,15-16H2,1-3H3/t21-/m1/s1. The van der Waals surface area contributed by atoms with Crippen molar-refractivity contribution < 1.29 is 18.7 Å². The van der Waals surface area contributed by atoms with Crippen molar-refractivity contribution in [1.82, 2.24) is 4.90 Å². The van der Waals surface area contributed by atoms with Crippen molar-refractivity contribution in [3.05, 3.63) is 82.3 Å². The van der Waals surface area contributed by atoms with E-state index in [1.54, 1.807) is 24.0 Å². The molecule has 0 radical (unpaired) electrons. The maximum absolute atomic E-state index is 13.9. The highest BCUT2D eigenvalue weighted by molar-refractivity contribution is 5.96. The van der Waals surface area contributed by atoms with Gasteiger partial charge in [0.05, 0.1) is 18.7 Å². The number of nitrogens with zero attached hydrogens (tertiary/aromatic N) is 1. The molecule has 4 nitrogen and oxygen atoms in total. The van der Waals surface area contributed by atoms with Gasteiger partial charge in [0.15, 0.2) is 0 Å². The summed E-state index contributed by atoms with van der Waals surface area (Å²) < 4.78 is 19.3. The molecule has 158 valence electrons. The number of hydrogen-bond acceptors (Lipinski definition) is 3. The van der Waals surface area contributed by atoms with Crippen molar-refractivity contribution in [1.29, 1.82) is 0 Å². The van der Waals surface area contributed by atoms with Crippen LogP contribution in [0.25, 0.3) is 0 Å². The number of allylic oxidation sites excluding steroid dienone is 1. The van der Waals surface area contributed by atoms with Gasteiger partial charge >= 0.3 is 5.97 Å². The molecule has 3 rings (SSSR count). The van der Waals surface area contributed by atoms with E-state index in [0.29, 0.717) is 29.8 Å². The second-order valence-corrected chi connectivity index (χ2v) is 7.61. The lowest BCUT2D eigenvalue weighted by molar-refractivity contribution is -0.140. The van der Waals surface area contributed by atoms with Crippen molar-refractivity contribution in [2.45, 2.75) is 52.5 Å². The van der Waals surface area contributed by atoms with E-state index in [2.05, 4.69) is 0 Å². The highest BCUT2D eigenvalue weighted by Crippen LogP contribution is 2.39. The largest absolute Gasteiger partial charge is 0.463 e. The topological polar surface area (TPSA) is 46.6 Å². The van der Waals surface area contributed by atoms with Crippen molar-refractivity contribution in [2.24, 2.45) is 0 Å². The fraction of sp³-hybridized carbons (Fsp3) is 0.360. The first kappa shape index (κ1) is 21.8. The highest BCUT2D eigenvalue weighted by atomic mass is 19.1. The van der Waals surface area contributed by atoms with Crippen LogP contribution in [0.1, 0.15) is 55.7 Å². The fourth-order valence-electron chi connectivity index (χ4n) is 4.04. The first-order valence-corrected chi connectivity index (χ1v) is 10.5. The number of carbonyl (C=O) groups is 2. The molecule has 0 fully saturated rings. The summed E-state index contributed by atoms with van der Waals surface area (Å²) in [4.78, 5) is 27.9. The third-order valence-corrected chi connectivity index (χ3v) is 5.32. The third-order valence-electron chi connectivity index (χ3n) is 5.32. The normalized spacial score (nSPS) is 16.7. The molecule has 0 bridgehead atoms. The molecule has 0 aliphatic carbocycles. The molecule has 1 heterocycles. The summed E-state index contributed by atoms with van der Waals surface area (Å²) in [6.45, 7) is 6.41. The average molecular weight is 410 g/mol. The molecule has 0 spiro atoms.